The van der Waals surface area contributed by atoms with Crippen LogP contribution in [0.1, 0.15) is 16.7 Å². The van der Waals surface area contributed by atoms with Crippen molar-refractivity contribution in [3.63, 3.8) is 0 Å². The predicted molar refractivity (Wildman–Crippen MR) is 257 cm³/mol. The number of hydrogen-bond donors (Lipinski definition) is 2. The van der Waals surface area contributed by atoms with Gasteiger partial charge in [-0.1, -0.05) is 78.1 Å². The van der Waals surface area contributed by atoms with Crippen LogP contribution in [0.3, 0.4) is 0 Å². The van der Waals surface area contributed by atoms with E-state index < -0.39 is 45.0 Å². The molecule has 8 aromatic rings. The molecule has 0 radical (unpaired) electrons. The Kier molecular flexibility index (Phi) is 22.2. The summed E-state index contributed by atoms with van der Waals surface area (Å²) >= 11 is 1.29. The molecule has 362 valence electrons. The van der Waals surface area contributed by atoms with Crippen molar-refractivity contribution in [2.24, 2.45) is 20.5 Å². The van der Waals surface area contributed by atoms with Gasteiger partial charge in [-0.25, -0.2) is 30.2 Å². The molecule has 0 amide bonds. The summed E-state index contributed by atoms with van der Waals surface area (Å²) in [5.74, 6) is -0.162. The number of hydrogen-bond acceptors (Lipinski definition) is 23. The Morgan fingerprint density at radius 2 is 1.13 bits per heavy atom. The van der Waals surface area contributed by atoms with Gasteiger partial charge in [0.2, 0.25) is 0 Å². The van der Waals surface area contributed by atoms with Crippen molar-refractivity contribution < 1.29 is 129 Å². The molecule has 21 nitrogen and oxygen atoms in total. The van der Waals surface area contributed by atoms with E-state index in [0.29, 0.717) is 17.6 Å². The Balaban J connectivity index is 0.00000312. The molecular weight excluding hydrogens is 1060 g/mol. The quantitative estimate of drug-likeness (QED) is 0.0263. The summed E-state index contributed by atoms with van der Waals surface area (Å²) in [6.45, 7) is 1.51. The number of aromatic nitrogens is 1. The Bertz CT molecular complexity index is 3930. The zero-order valence-electron chi connectivity index (χ0n) is 40.3. The minimum atomic E-state index is -5.02. The molecule has 6 aromatic carbocycles. The number of thiophene rings is 1. The molecular formula is C46H27Li4N9O12S5. The van der Waals surface area contributed by atoms with Crippen LogP contribution >= 0.6 is 23.4 Å². The molecule has 8 rings (SSSR count). The number of nitriles is 2. The Labute approximate surface area is 490 Å². The van der Waals surface area contributed by atoms with Crippen molar-refractivity contribution in [2.75, 3.05) is 10.6 Å². The molecule has 2 heterocycles. The van der Waals surface area contributed by atoms with E-state index in [4.69, 9.17) is 0 Å². The van der Waals surface area contributed by atoms with Crippen molar-refractivity contribution in [1.29, 1.82) is 10.5 Å². The topological polar surface area (TPSA) is 347 Å². The zero-order valence-corrected chi connectivity index (χ0v) is 44.4. The maximum atomic E-state index is 12.3. The van der Waals surface area contributed by atoms with Gasteiger partial charge in [0.15, 0.2) is 16.6 Å². The van der Waals surface area contributed by atoms with E-state index in [0.717, 1.165) is 52.8 Å². The minimum absolute atomic E-state index is 0. The van der Waals surface area contributed by atoms with E-state index in [1.54, 1.807) is 12.1 Å². The fraction of sp³-hybridized carbons (Fsp3) is 0.0217. The Morgan fingerprint density at radius 3 is 1.67 bits per heavy atom. The standard InChI is InChI=1S/C46H31N9O12S5.4Li/c1-26-37(24-47)43(49-30-14-18-33(19-15-30)70(57,58)59)51-44(50-31-16-20-34(21-17-31)71(60,61)62)42(26)53-54-45-38(25-48)41(29-12-10-28(11-13-29)27-6-3-2-4-7-27)46(68-45)55-52-32-22-36-35(39(23-32)69-67-66-56)8-5-9-40(36)72(63,64)65;;;;/h2-23,56H,1H3,(H2,49,50,51)(H,57,58,59)(H,60,61,62)(H,63,64,65);;;;/q;4*+1/p-4. The van der Waals surface area contributed by atoms with E-state index in [9.17, 15) is 54.7 Å². The largest absolute Gasteiger partial charge is 1.00 e. The zero-order chi connectivity index (χ0) is 51.4. The number of fused-ring (bicyclic) bond motifs is 1. The van der Waals surface area contributed by atoms with Gasteiger partial charge in [0.25, 0.3) is 0 Å². The van der Waals surface area contributed by atoms with Crippen LogP contribution in [0, 0.1) is 29.6 Å². The van der Waals surface area contributed by atoms with Crippen molar-refractivity contribution in [1.82, 2.24) is 4.98 Å². The fourth-order valence-corrected chi connectivity index (χ4v) is 10.2. The molecule has 0 bridgehead atoms. The minimum Gasteiger partial charge on any atom is -0.744 e. The number of rotatable bonds is 16. The van der Waals surface area contributed by atoms with Crippen LogP contribution in [0.2, 0.25) is 0 Å². The first-order chi connectivity index (χ1) is 34.4. The van der Waals surface area contributed by atoms with Crippen LogP contribution in [0.5, 0.6) is 0 Å². The Morgan fingerprint density at radius 1 is 0.592 bits per heavy atom. The molecule has 0 aliphatic carbocycles. The third-order valence-corrected chi connectivity index (χ3v) is 14.6. The van der Waals surface area contributed by atoms with E-state index in [1.807, 2.05) is 42.5 Å². The molecule has 30 heteroatoms. The van der Waals surface area contributed by atoms with Crippen molar-refractivity contribution in [2.45, 2.75) is 26.5 Å². The second-order valence-corrected chi connectivity index (χ2v) is 20.7. The van der Waals surface area contributed by atoms with Gasteiger partial charge in [0.1, 0.15) is 58.7 Å². The van der Waals surface area contributed by atoms with E-state index in [1.165, 1.54) is 55.5 Å². The van der Waals surface area contributed by atoms with Crippen LogP contribution in [-0.2, 0) is 39.7 Å². The summed E-state index contributed by atoms with van der Waals surface area (Å²) in [5.41, 5.74) is 2.89. The average Bonchev–Trinajstić information content (AvgIpc) is 3.71. The monoisotopic (exact) mass is 1090 g/mol. The summed E-state index contributed by atoms with van der Waals surface area (Å²) < 4.78 is 111. The number of anilines is 4. The molecule has 2 aromatic heterocycles. The molecule has 76 heavy (non-hydrogen) atoms. The summed E-state index contributed by atoms with van der Waals surface area (Å²) in [6, 6.07) is 36.8. The summed E-state index contributed by atoms with van der Waals surface area (Å²) in [5, 5.41) is 59.4. The van der Waals surface area contributed by atoms with Crippen LogP contribution in [0.15, 0.2) is 173 Å². The van der Waals surface area contributed by atoms with E-state index in [2.05, 4.69) is 57.6 Å². The smallest absolute Gasteiger partial charge is 0.744 e. The van der Waals surface area contributed by atoms with Gasteiger partial charge in [0, 0.05) is 32.8 Å². The van der Waals surface area contributed by atoms with Gasteiger partial charge < -0.3 is 29.5 Å². The molecule has 2 N–H and O–H groups in total. The van der Waals surface area contributed by atoms with Crippen LogP contribution in [0.25, 0.3) is 33.0 Å². The summed E-state index contributed by atoms with van der Waals surface area (Å²) in [4.78, 5) is 3.09. The van der Waals surface area contributed by atoms with Crippen LogP contribution in [-0.4, -0.2) is 43.9 Å². The number of azo groups is 2. The maximum Gasteiger partial charge on any atom is 1.00 e. The summed E-state index contributed by atoms with van der Waals surface area (Å²) in [6.07, 6.45) is 0. The fourth-order valence-electron chi connectivity index (χ4n) is 7.10. The van der Waals surface area contributed by atoms with Gasteiger partial charge in [-0.05, 0) is 95.7 Å². The molecule has 0 saturated heterocycles. The van der Waals surface area contributed by atoms with Crippen molar-refractivity contribution >= 4 is 109 Å². The third kappa shape index (κ3) is 14.6. The molecule has 0 unspecified atom stereocenters. The maximum absolute atomic E-state index is 12.3. The normalized spacial score (nSPS) is 11.4. The second-order valence-electron chi connectivity index (χ2n) is 14.9. The summed E-state index contributed by atoms with van der Waals surface area (Å²) in [7, 11) is -14.6. The predicted octanol–water partition coefficient (Wildman–Crippen LogP) is -2.04. The van der Waals surface area contributed by atoms with Gasteiger partial charge >= 0.3 is 75.4 Å². The van der Waals surface area contributed by atoms with E-state index in [-0.39, 0.29) is 158 Å². The number of nitrogens with one attached hydrogen (secondary N) is 2. The van der Waals surface area contributed by atoms with Gasteiger partial charge in [-0.2, -0.15) is 14.9 Å². The second kappa shape index (κ2) is 26.7. The first-order valence-corrected chi connectivity index (χ1v) is 26.0. The van der Waals surface area contributed by atoms with Gasteiger partial charge in [-0.15, -0.1) is 20.5 Å². The molecule has 0 spiro atoms. The van der Waals surface area contributed by atoms with E-state index >= 15 is 0 Å². The first-order valence-electron chi connectivity index (χ1n) is 20.2. The van der Waals surface area contributed by atoms with Gasteiger partial charge in [-0.3, -0.25) is 5.04 Å². The molecule has 0 aliphatic heterocycles. The SMILES string of the molecule is Cc1c(C#N)c(Nc2ccc(S(=O)(=O)[O-])cc2)nc(Nc2ccc(S(=O)(=O)[O-])cc2)c1N=Nc1sc(N=Nc2cc(SOO[O-])c3cccc(S(=O)(=O)[O-])c3c2)c(-c2ccc(-c3ccccc3)cc2)c1C#N.[Li+].[Li+].[Li+].[Li+]. The molecule has 0 fully saturated rings. The molecule has 0 aliphatic rings. The first kappa shape index (κ1) is 63.1. The molecule has 0 atom stereocenters. The average molecular weight is 1090 g/mol. The number of pyridine rings is 1. The number of nitrogens with zero attached hydrogens (tertiary/aromatic N) is 7. The Hall–Kier alpha value is -5.44. The van der Waals surface area contributed by atoms with Crippen molar-refractivity contribution in [3.05, 3.63) is 150 Å². The van der Waals surface area contributed by atoms with Crippen LogP contribution in [0.4, 0.5) is 44.4 Å². The third-order valence-electron chi connectivity index (χ3n) is 10.4. The number of benzene rings is 6. The van der Waals surface area contributed by atoms with Gasteiger partial charge in [0.05, 0.1) is 38.0 Å². The molecule has 0 saturated carbocycles. The van der Waals surface area contributed by atoms with Crippen LogP contribution < -0.4 is 91.3 Å². The van der Waals surface area contributed by atoms with Crippen molar-refractivity contribution in [3.8, 4) is 34.4 Å².